The fraction of sp³-hybridized carbons (Fsp3) is 0. The summed E-state index contributed by atoms with van der Waals surface area (Å²) >= 11 is 0. The van der Waals surface area contributed by atoms with Crippen molar-refractivity contribution in [2.75, 3.05) is 0 Å². The molecule has 0 radical (unpaired) electrons. The van der Waals surface area contributed by atoms with Crippen LogP contribution < -0.4 is 0 Å². The Hall–Kier alpha value is -1.31. The van der Waals surface area contributed by atoms with Gasteiger partial charge in [-0.05, 0) is 12.1 Å². The van der Waals surface area contributed by atoms with E-state index in [-0.39, 0.29) is 17.6 Å². The molecule has 0 unspecified atom stereocenters. The van der Waals surface area contributed by atoms with Crippen LogP contribution in [0.15, 0.2) is 30.3 Å². The summed E-state index contributed by atoms with van der Waals surface area (Å²) in [7, 11) is 0. The van der Waals surface area contributed by atoms with E-state index in [0.717, 1.165) is 0 Å². The zero-order chi connectivity index (χ0) is 9.14. The van der Waals surface area contributed by atoms with Crippen molar-refractivity contribution < 1.29 is 12.6 Å². The lowest BCUT2D eigenvalue weighted by Crippen LogP contribution is -1.93. The molecule has 2 nitrogen and oxygen atoms in total. The van der Waals surface area contributed by atoms with Crippen LogP contribution in [0.1, 0.15) is 13.1 Å². The van der Waals surface area contributed by atoms with Crippen LogP contribution in [0, 0.1) is 0 Å². The highest BCUT2D eigenvalue weighted by atomic mass is 16.4. The number of benzene rings is 1. The lowest BCUT2D eigenvalue weighted by atomic mass is 10.2. The average Bonchev–Trinajstić information content (AvgIpc) is 2.03. The first-order valence-electron chi connectivity index (χ1n) is 3.81. The van der Waals surface area contributed by atoms with Gasteiger partial charge in [0.2, 0.25) is 0 Å². The molecule has 1 rings (SSSR count). The monoisotopic (exact) mass is 125 g/mol. The highest BCUT2D eigenvalue weighted by Gasteiger charge is 1.96. The quantitative estimate of drug-likeness (QED) is 0.615. The summed E-state index contributed by atoms with van der Waals surface area (Å²) in [6.07, 6.45) is 0. The second-order valence-corrected chi connectivity index (χ2v) is 1.48. The van der Waals surface area contributed by atoms with Gasteiger partial charge in [-0.1, -0.05) is 18.2 Å². The van der Waals surface area contributed by atoms with Gasteiger partial charge in [0.05, 0.1) is 8.30 Å². The largest absolute Gasteiger partial charge is 0.478 e. The highest BCUT2D eigenvalue weighted by Crippen LogP contribution is 1.96. The molecular formula is C7H6O2. The Kier molecular flexibility index (Phi) is 0.772. The van der Waals surface area contributed by atoms with Gasteiger partial charge in [0, 0.05) is 0 Å². The van der Waals surface area contributed by atoms with Gasteiger partial charge >= 0.3 is 5.97 Å². The van der Waals surface area contributed by atoms with E-state index in [1.54, 1.807) is 0 Å². The van der Waals surface area contributed by atoms with Gasteiger partial charge in [-0.2, -0.15) is 0 Å². The van der Waals surface area contributed by atoms with Gasteiger partial charge in [0.15, 0.2) is 0 Å². The maximum Gasteiger partial charge on any atom is 0.335 e. The second kappa shape index (κ2) is 2.31. The summed E-state index contributed by atoms with van der Waals surface area (Å²) in [6.45, 7) is 0. The number of hydrogen-bond donors (Lipinski definition) is 1. The molecule has 0 bridgehead atoms. The van der Waals surface area contributed by atoms with Crippen molar-refractivity contribution in [3.05, 3.63) is 35.8 Å². The molecular weight excluding hydrogens is 116 g/mol. The summed E-state index contributed by atoms with van der Waals surface area (Å²) < 4.78 is 20.8. The molecule has 0 aromatic heterocycles. The third kappa shape index (κ3) is 1.29. The van der Waals surface area contributed by atoms with E-state index in [2.05, 4.69) is 5.11 Å². The molecule has 1 N–H and O–H groups in total. The summed E-state index contributed by atoms with van der Waals surface area (Å²) in [4.78, 5) is 10.8. The number of hydrogen-bond acceptors (Lipinski definition) is 2. The van der Waals surface area contributed by atoms with Crippen LogP contribution in [0.3, 0.4) is 0 Å². The maximum absolute atomic E-state index is 10.8. The van der Waals surface area contributed by atoms with Crippen LogP contribution in [0.5, 0.6) is 0 Å². The number of aromatic carboxylic acids is 1. The van der Waals surface area contributed by atoms with Gasteiger partial charge in [-0.15, -0.1) is 0 Å². The van der Waals surface area contributed by atoms with E-state index in [9.17, 15) is 4.79 Å². The lowest BCUT2D eigenvalue weighted by molar-refractivity contribution is 0.0697. The smallest absolute Gasteiger partial charge is 0.335 e. The van der Waals surface area contributed by atoms with Crippen molar-refractivity contribution in [1.29, 1.82) is 1.43 Å². The number of carboxylic acid groups (broad SMARTS) is 1. The van der Waals surface area contributed by atoms with Gasteiger partial charge in [-0.3, -0.25) is 0 Å². The number of carboxylic acids is 1. The third-order valence-corrected chi connectivity index (χ3v) is 0.852. The van der Waals surface area contributed by atoms with Gasteiger partial charge in [0.25, 0.3) is 1.43 Å². The van der Waals surface area contributed by atoms with Crippen molar-refractivity contribution >= 4 is 5.97 Å². The molecule has 0 atom stereocenters. The molecule has 1 aromatic carbocycles. The van der Waals surface area contributed by atoms with Crippen LogP contribution in [-0.2, 0) is 0 Å². The minimum absolute atomic E-state index is 0.0975. The molecule has 1 aromatic rings. The highest BCUT2D eigenvalue weighted by molar-refractivity contribution is 5.87. The Morgan fingerprint density at radius 3 is 2.78 bits per heavy atom. The zero-order valence-corrected chi connectivity index (χ0v) is 4.55. The third-order valence-electron chi connectivity index (χ3n) is 0.852. The first-order valence-corrected chi connectivity index (χ1v) is 2.40. The van der Waals surface area contributed by atoms with E-state index in [4.69, 9.17) is 4.17 Å². The summed E-state index contributed by atoms with van der Waals surface area (Å²) in [5.41, 5.74) is -0.174. The molecule has 0 aliphatic rings. The van der Waals surface area contributed by atoms with Gasteiger partial charge < -0.3 is 5.11 Å². The molecule has 0 aliphatic carbocycles. The topological polar surface area (TPSA) is 37.3 Å². The average molecular weight is 125 g/mol. The Balaban J connectivity index is 3.21. The molecule has 9 heavy (non-hydrogen) atoms. The second-order valence-electron chi connectivity index (χ2n) is 1.48. The van der Waals surface area contributed by atoms with Crippen molar-refractivity contribution in [3.63, 3.8) is 0 Å². The van der Waals surface area contributed by atoms with E-state index in [1.807, 2.05) is 0 Å². The van der Waals surface area contributed by atoms with Crippen molar-refractivity contribution in [2.45, 2.75) is 0 Å². The first-order chi connectivity index (χ1) is 5.66. The number of carbonyl (C=O) groups is 1. The van der Waals surface area contributed by atoms with Crippen LogP contribution in [0.25, 0.3) is 1.43 Å². The predicted octanol–water partition coefficient (Wildman–Crippen LogP) is 1.38. The van der Waals surface area contributed by atoms with Crippen LogP contribution in [0.4, 0.5) is 0 Å². The standard InChI is InChI=1S/C7H6O2/c8-7(9)6-4-2-1-3-5-6/h1-5H,(H,8,9)/i4D,5D/hD. The van der Waals surface area contributed by atoms with Gasteiger partial charge in [-0.25, -0.2) is 4.79 Å². The van der Waals surface area contributed by atoms with E-state index >= 15 is 0 Å². The first kappa shape index (κ1) is 3.01. The summed E-state index contributed by atoms with van der Waals surface area (Å²) in [6, 6.07) is 4.03. The maximum atomic E-state index is 10.8. The fourth-order valence-corrected chi connectivity index (χ4v) is 0.471. The molecule has 46 valence electrons. The molecule has 2 heteroatoms. The molecule has 0 spiro atoms. The fourth-order valence-electron chi connectivity index (χ4n) is 0.471. The van der Waals surface area contributed by atoms with Crippen LogP contribution in [0.2, 0.25) is 0 Å². The van der Waals surface area contributed by atoms with Crippen LogP contribution in [-0.4, -0.2) is 11.1 Å². The Morgan fingerprint density at radius 1 is 1.56 bits per heavy atom. The summed E-state index contributed by atoms with van der Waals surface area (Å²) in [5.74, 6) is -0.967. The normalized spacial score (nSPS) is 13.1. The van der Waals surface area contributed by atoms with Crippen molar-refractivity contribution in [1.82, 2.24) is 0 Å². The van der Waals surface area contributed by atoms with E-state index in [0.29, 0.717) is 0 Å². The van der Waals surface area contributed by atoms with Crippen molar-refractivity contribution in [3.8, 4) is 0 Å². The van der Waals surface area contributed by atoms with Crippen LogP contribution >= 0.6 is 0 Å². The molecule has 0 heterocycles. The van der Waals surface area contributed by atoms with E-state index in [1.165, 1.54) is 18.2 Å². The minimum atomic E-state index is -0.967. The number of rotatable bonds is 1. The molecule has 0 fully saturated rings. The Labute approximate surface area is 57.1 Å². The van der Waals surface area contributed by atoms with Gasteiger partial charge in [0.1, 0.15) is 0 Å². The molecule has 0 saturated heterocycles. The summed E-state index contributed by atoms with van der Waals surface area (Å²) in [5, 5.41) is 3.67. The Morgan fingerprint density at radius 2 is 2.22 bits per heavy atom. The van der Waals surface area contributed by atoms with Crippen molar-refractivity contribution in [2.24, 2.45) is 0 Å². The van der Waals surface area contributed by atoms with E-state index < -0.39 is 5.97 Å². The SMILES string of the molecule is [2H]OC(=O)c1c([2H])cccc1[2H]. The zero-order valence-electron chi connectivity index (χ0n) is 7.55. The molecule has 0 saturated carbocycles. The molecule has 0 amide bonds. The minimum Gasteiger partial charge on any atom is -0.478 e. The lowest BCUT2D eigenvalue weighted by Gasteiger charge is -1.88. The predicted molar refractivity (Wildman–Crippen MR) is 33.4 cm³/mol. The molecule has 0 aliphatic heterocycles. The Bertz CT molecular complexity index is 291.